The van der Waals surface area contributed by atoms with Crippen molar-refractivity contribution in [1.29, 1.82) is 0 Å². The quantitative estimate of drug-likeness (QED) is 0.712. The lowest BCUT2D eigenvalue weighted by molar-refractivity contribution is 0.629. The van der Waals surface area contributed by atoms with Crippen LogP contribution in [-0.4, -0.2) is 7.05 Å². The van der Waals surface area contributed by atoms with E-state index in [2.05, 4.69) is 30.4 Å². The zero-order valence-corrected chi connectivity index (χ0v) is 10.5. The van der Waals surface area contributed by atoms with Gasteiger partial charge in [0.2, 0.25) is 0 Å². The normalized spacial score (nSPS) is 10.8. The molecule has 2 aromatic carbocycles. The van der Waals surface area contributed by atoms with Gasteiger partial charge in [-0.2, -0.15) is 0 Å². The van der Waals surface area contributed by atoms with Crippen molar-refractivity contribution in [2.45, 2.75) is 6.92 Å². The molecule has 0 unspecified atom stereocenters. The molecule has 0 atom stereocenters. The Kier molecular flexibility index (Phi) is 2.56. The van der Waals surface area contributed by atoms with Crippen molar-refractivity contribution < 1.29 is 4.42 Å². The number of furan rings is 1. The number of hydrogen-bond acceptors (Lipinski definition) is 2. The molecule has 0 aliphatic carbocycles. The van der Waals surface area contributed by atoms with Crippen molar-refractivity contribution in [3.05, 3.63) is 54.1 Å². The summed E-state index contributed by atoms with van der Waals surface area (Å²) in [6.45, 7) is 2.10. The number of fused-ring (bicyclic) bond motifs is 1. The lowest BCUT2D eigenvalue weighted by atomic mass is 10.1. The van der Waals surface area contributed by atoms with Crippen molar-refractivity contribution in [2.75, 3.05) is 12.4 Å². The predicted molar refractivity (Wildman–Crippen MR) is 75.9 cm³/mol. The van der Waals surface area contributed by atoms with E-state index in [9.17, 15) is 0 Å². The van der Waals surface area contributed by atoms with E-state index >= 15 is 0 Å². The van der Waals surface area contributed by atoms with Crippen LogP contribution in [0.3, 0.4) is 0 Å². The van der Waals surface area contributed by atoms with Gasteiger partial charge in [0.25, 0.3) is 0 Å². The van der Waals surface area contributed by atoms with E-state index in [1.54, 1.807) is 0 Å². The summed E-state index contributed by atoms with van der Waals surface area (Å²) in [5, 5.41) is 4.33. The molecule has 90 valence electrons. The number of hydrogen-bond donors (Lipinski definition) is 1. The van der Waals surface area contributed by atoms with E-state index in [1.807, 2.05) is 37.4 Å². The first-order chi connectivity index (χ1) is 8.79. The first-order valence-electron chi connectivity index (χ1n) is 6.06. The molecule has 0 saturated carbocycles. The van der Waals surface area contributed by atoms with Crippen molar-refractivity contribution in [3.8, 4) is 11.3 Å². The van der Waals surface area contributed by atoms with Crippen LogP contribution in [-0.2, 0) is 0 Å². The van der Waals surface area contributed by atoms with Crippen LogP contribution in [0.1, 0.15) is 5.56 Å². The Morgan fingerprint density at radius 1 is 1.00 bits per heavy atom. The van der Waals surface area contributed by atoms with Crippen LogP contribution >= 0.6 is 0 Å². The van der Waals surface area contributed by atoms with E-state index in [1.165, 1.54) is 10.9 Å². The Labute approximate surface area is 106 Å². The summed E-state index contributed by atoms with van der Waals surface area (Å²) in [4.78, 5) is 0. The molecule has 3 aromatic rings. The van der Waals surface area contributed by atoms with Crippen LogP contribution in [0.2, 0.25) is 0 Å². The molecule has 1 aromatic heterocycles. The molecule has 1 N–H and O–H groups in total. The Hall–Kier alpha value is -2.22. The van der Waals surface area contributed by atoms with Gasteiger partial charge in [-0.1, -0.05) is 30.3 Å². The molecular formula is C16H15NO. The van der Waals surface area contributed by atoms with E-state index < -0.39 is 0 Å². The highest BCUT2D eigenvalue weighted by atomic mass is 16.3. The average Bonchev–Trinajstić information content (AvgIpc) is 2.77. The van der Waals surface area contributed by atoms with E-state index in [-0.39, 0.29) is 0 Å². The third-order valence-electron chi connectivity index (χ3n) is 3.26. The summed E-state index contributed by atoms with van der Waals surface area (Å²) in [6.07, 6.45) is 0. The van der Waals surface area contributed by atoms with Gasteiger partial charge < -0.3 is 9.73 Å². The summed E-state index contributed by atoms with van der Waals surface area (Å²) in [5.74, 6) is 0.952. The molecule has 3 rings (SSSR count). The predicted octanol–water partition coefficient (Wildman–Crippen LogP) is 4.45. The Bertz CT molecular complexity index is 697. The zero-order chi connectivity index (χ0) is 12.5. The molecule has 0 saturated heterocycles. The second-order valence-electron chi connectivity index (χ2n) is 4.38. The minimum absolute atomic E-state index is 0.944. The van der Waals surface area contributed by atoms with E-state index in [0.717, 1.165) is 22.6 Å². The Balaban J connectivity index is 2.21. The summed E-state index contributed by atoms with van der Waals surface area (Å²) < 4.78 is 5.96. The molecule has 18 heavy (non-hydrogen) atoms. The van der Waals surface area contributed by atoms with Crippen LogP contribution in [0.4, 0.5) is 5.69 Å². The lowest BCUT2D eigenvalue weighted by Gasteiger charge is -2.03. The minimum Gasteiger partial charge on any atom is -0.456 e. The van der Waals surface area contributed by atoms with Crippen LogP contribution in [0.15, 0.2) is 52.9 Å². The number of benzene rings is 2. The van der Waals surface area contributed by atoms with Gasteiger partial charge >= 0.3 is 0 Å². The van der Waals surface area contributed by atoms with Gasteiger partial charge in [0.15, 0.2) is 0 Å². The maximum atomic E-state index is 5.96. The Morgan fingerprint density at radius 2 is 1.83 bits per heavy atom. The smallest absolute Gasteiger partial charge is 0.138 e. The van der Waals surface area contributed by atoms with Gasteiger partial charge in [-0.3, -0.25) is 0 Å². The van der Waals surface area contributed by atoms with E-state index in [0.29, 0.717) is 0 Å². The van der Waals surface area contributed by atoms with Crippen LogP contribution in [0.25, 0.3) is 22.3 Å². The van der Waals surface area contributed by atoms with Crippen molar-refractivity contribution in [1.82, 2.24) is 0 Å². The molecule has 0 aliphatic rings. The number of rotatable bonds is 2. The summed E-state index contributed by atoms with van der Waals surface area (Å²) >= 11 is 0. The standard InChI is InChI=1S/C16H15NO/c1-11-14-8-3-4-9-15(14)18-16(11)12-6-5-7-13(10-12)17-2/h3-10,17H,1-2H3. The maximum absolute atomic E-state index is 5.96. The number of aryl methyl sites for hydroxylation is 1. The van der Waals surface area contributed by atoms with Gasteiger partial charge in [0.1, 0.15) is 11.3 Å². The van der Waals surface area contributed by atoms with Gasteiger partial charge in [-0.25, -0.2) is 0 Å². The molecule has 0 fully saturated rings. The van der Waals surface area contributed by atoms with Gasteiger partial charge in [-0.05, 0) is 25.1 Å². The summed E-state index contributed by atoms with van der Waals surface area (Å²) in [5.41, 5.74) is 4.33. The van der Waals surface area contributed by atoms with E-state index in [4.69, 9.17) is 4.42 Å². The molecule has 0 spiro atoms. The lowest BCUT2D eigenvalue weighted by Crippen LogP contribution is -1.87. The summed E-state index contributed by atoms with van der Waals surface area (Å²) in [7, 11) is 1.92. The van der Waals surface area contributed by atoms with Crippen LogP contribution in [0, 0.1) is 6.92 Å². The molecule has 2 heteroatoms. The molecule has 1 heterocycles. The Morgan fingerprint density at radius 3 is 2.61 bits per heavy atom. The molecule has 0 aliphatic heterocycles. The number of anilines is 1. The second kappa shape index (κ2) is 4.22. The molecule has 2 nitrogen and oxygen atoms in total. The fourth-order valence-corrected chi connectivity index (χ4v) is 2.27. The first-order valence-corrected chi connectivity index (χ1v) is 6.06. The highest BCUT2D eigenvalue weighted by molar-refractivity contribution is 5.87. The zero-order valence-electron chi connectivity index (χ0n) is 10.5. The van der Waals surface area contributed by atoms with Gasteiger partial charge in [0.05, 0.1) is 0 Å². The fraction of sp³-hybridized carbons (Fsp3) is 0.125. The number of para-hydroxylation sites is 1. The van der Waals surface area contributed by atoms with Crippen LogP contribution in [0.5, 0.6) is 0 Å². The third-order valence-corrected chi connectivity index (χ3v) is 3.26. The molecule has 0 radical (unpaired) electrons. The van der Waals surface area contributed by atoms with Crippen molar-refractivity contribution in [3.63, 3.8) is 0 Å². The highest BCUT2D eigenvalue weighted by Crippen LogP contribution is 2.33. The molecule has 0 amide bonds. The molecular weight excluding hydrogens is 222 g/mol. The highest BCUT2D eigenvalue weighted by Gasteiger charge is 2.11. The fourth-order valence-electron chi connectivity index (χ4n) is 2.27. The van der Waals surface area contributed by atoms with Gasteiger partial charge in [-0.15, -0.1) is 0 Å². The third kappa shape index (κ3) is 1.66. The number of nitrogens with one attached hydrogen (secondary N) is 1. The maximum Gasteiger partial charge on any atom is 0.138 e. The first kappa shape index (κ1) is 10.9. The van der Waals surface area contributed by atoms with Crippen molar-refractivity contribution >= 4 is 16.7 Å². The van der Waals surface area contributed by atoms with Crippen LogP contribution < -0.4 is 5.32 Å². The second-order valence-corrected chi connectivity index (χ2v) is 4.38. The van der Waals surface area contributed by atoms with Crippen molar-refractivity contribution in [2.24, 2.45) is 0 Å². The minimum atomic E-state index is 0.944. The topological polar surface area (TPSA) is 25.2 Å². The molecule has 0 bridgehead atoms. The average molecular weight is 237 g/mol. The monoisotopic (exact) mass is 237 g/mol. The largest absolute Gasteiger partial charge is 0.456 e. The summed E-state index contributed by atoms with van der Waals surface area (Å²) in [6, 6.07) is 16.4. The van der Waals surface area contributed by atoms with Gasteiger partial charge in [0, 0.05) is 29.2 Å². The SMILES string of the molecule is CNc1cccc(-c2oc3ccccc3c2C)c1.